The van der Waals surface area contributed by atoms with Crippen molar-refractivity contribution in [3.8, 4) is 0 Å². The second kappa shape index (κ2) is 9.58. The molecule has 0 aliphatic heterocycles. The molecule has 2 N–H and O–H groups in total. The fourth-order valence-corrected chi connectivity index (χ4v) is 4.35. The number of hydrogen-bond acceptors (Lipinski definition) is 5. The summed E-state index contributed by atoms with van der Waals surface area (Å²) in [7, 11) is 3.98. The van der Waals surface area contributed by atoms with Crippen molar-refractivity contribution < 1.29 is 4.79 Å². The van der Waals surface area contributed by atoms with Crippen LogP contribution in [0.5, 0.6) is 0 Å². The zero-order valence-corrected chi connectivity index (χ0v) is 18.7. The first-order valence-corrected chi connectivity index (χ1v) is 11.1. The quantitative estimate of drug-likeness (QED) is 0.585. The van der Waals surface area contributed by atoms with Crippen LogP contribution in [0.25, 0.3) is 11.0 Å². The van der Waals surface area contributed by atoms with E-state index in [1.807, 2.05) is 49.5 Å². The summed E-state index contributed by atoms with van der Waals surface area (Å²) < 4.78 is 0. The van der Waals surface area contributed by atoms with Gasteiger partial charge in [0.05, 0.1) is 29.3 Å². The minimum absolute atomic E-state index is 0.0556. The summed E-state index contributed by atoms with van der Waals surface area (Å²) in [4.78, 5) is 29.8. The first kappa shape index (κ1) is 21.5. The molecule has 164 valence electrons. The highest BCUT2D eigenvalue weighted by Gasteiger charge is 2.27. The Morgan fingerprint density at radius 3 is 2.97 bits per heavy atom. The minimum atomic E-state index is -0.0556. The third kappa shape index (κ3) is 4.94. The van der Waals surface area contributed by atoms with E-state index in [1.165, 1.54) is 17.7 Å². The molecule has 2 heterocycles. The van der Waals surface area contributed by atoms with Gasteiger partial charge in [-0.1, -0.05) is 13.0 Å². The average molecular weight is 421 g/mol. The van der Waals surface area contributed by atoms with Gasteiger partial charge in [0.2, 0.25) is 0 Å². The maximum atomic E-state index is 12.4. The molecule has 31 heavy (non-hydrogen) atoms. The number of nitrogens with one attached hydrogen (secondary N) is 2. The van der Waals surface area contributed by atoms with Crippen LogP contribution in [0, 0.1) is 0 Å². The number of hydrogen-bond donors (Lipinski definition) is 2. The Hall–Kier alpha value is -2.77. The van der Waals surface area contributed by atoms with E-state index in [0.29, 0.717) is 18.2 Å². The number of rotatable bonds is 8. The molecule has 1 aliphatic rings. The monoisotopic (exact) mass is 420 g/mol. The number of aromatic amines is 1. The summed E-state index contributed by atoms with van der Waals surface area (Å²) in [6, 6.07) is 10.2. The van der Waals surface area contributed by atoms with Crippen molar-refractivity contribution in [1.82, 2.24) is 30.1 Å². The van der Waals surface area contributed by atoms with E-state index in [0.717, 1.165) is 49.3 Å². The molecule has 1 amide bonds. The third-order valence-electron chi connectivity index (χ3n) is 6.00. The van der Waals surface area contributed by atoms with Crippen LogP contribution in [0.2, 0.25) is 0 Å². The number of carbonyl (C=O) groups excluding carboxylic acids is 1. The molecule has 1 atom stereocenters. The molecule has 4 rings (SSSR count). The number of imidazole rings is 1. The van der Waals surface area contributed by atoms with Crippen LogP contribution in [0.4, 0.5) is 0 Å². The molecule has 7 heteroatoms. The summed E-state index contributed by atoms with van der Waals surface area (Å²) in [6.45, 7) is 5.29. The topological polar surface area (TPSA) is 77.2 Å². The molecule has 0 fully saturated rings. The largest absolute Gasteiger partial charge is 0.351 e. The molecule has 1 aromatic carbocycles. The Morgan fingerprint density at radius 2 is 2.16 bits per heavy atom. The number of nitrogens with zero attached hydrogens (tertiary/aromatic N) is 4. The smallest absolute Gasteiger partial charge is 0.251 e. The van der Waals surface area contributed by atoms with Gasteiger partial charge in [-0.2, -0.15) is 0 Å². The maximum absolute atomic E-state index is 12.4. The van der Waals surface area contributed by atoms with Crippen LogP contribution in [0.3, 0.4) is 0 Å². The second-order valence-electron chi connectivity index (χ2n) is 8.49. The highest BCUT2D eigenvalue weighted by molar-refractivity contribution is 5.97. The van der Waals surface area contributed by atoms with Crippen LogP contribution in [0.1, 0.15) is 53.2 Å². The van der Waals surface area contributed by atoms with Crippen LogP contribution >= 0.6 is 0 Å². The molecular formula is C24H32N6O. The van der Waals surface area contributed by atoms with Crippen LogP contribution in [0.15, 0.2) is 36.5 Å². The molecule has 0 radical (unpaired) electrons. The van der Waals surface area contributed by atoms with E-state index in [1.54, 1.807) is 0 Å². The molecule has 1 aliphatic carbocycles. The normalized spacial score (nSPS) is 16.1. The van der Waals surface area contributed by atoms with Gasteiger partial charge in [0.1, 0.15) is 5.82 Å². The summed E-state index contributed by atoms with van der Waals surface area (Å²) in [6.07, 6.45) is 5.32. The highest BCUT2D eigenvalue weighted by atomic mass is 16.1. The van der Waals surface area contributed by atoms with Crippen molar-refractivity contribution in [1.29, 1.82) is 0 Å². The minimum Gasteiger partial charge on any atom is -0.351 e. The van der Waals surface area contributed by atoms with Gasteiger partial charge in [-0.3, -0.25) is 14.7 Å². The molecule has 0 bridgehead atoms. The van der Waals surface area contributed by atoms with Crippen LogP contribution < -0.4 is 5.32 Å². The number of aromatic nitrogens is 3. The SMILES string of the molecule is CCN(Cc1nc2ccc(C(=O)NCCN(C)C)cc2[nH]1)C1CCCc2cccnc21. The molecule has 0 spiro atoms. The number of benzene rings is 1. The van der Waals surface area contributed by atoms with Crippen molar-refractivity contribution in [3.63, 3.8) is 0 Å². The van der Waals surface area contributed by atoms with E-state index in [9.17, 15) is 4.79 Å². The molecule has 0 saturated carbocycles. The van der Waals surface area contributed by atoms with E-state index in [-0.39, 0.29) is 5.91 Å². The number of pyridine rings is 1. The standard InChI is InChI=1S/C24H32N6O/c1-4-30(21-9-5-7-17-8-6-12-25-23(17)21)16-22-27-19-11-10-18(15-20(19)28-22)24(31)26-13-14-29(2)3/h6,8,10-12,15,21H,4-5,7,9,13-14,16H2,1-3H3,(H,26,31)(H,27,28). The molecule has 0 saturated heterocycles. The number of H-pyrrole nitrogens is 1. The van der Waals surface area contributed by atoms with E-state index in [4.69, 9.17) is 9.97 Å². The predicted octanol–water partition coefficient (Wildman–Crippen LogP) is 3.15. The van der Waals surface area contributed by atoms with Crippen molar-refractivity contribution in [2.75, 3.05) is 33.7 Å². The highest BCUT2D eigenvalue weighted by Crippen LogP contribution is 2.33. The molecular weight excluding hydrogens is 388 g/mol. The number of carbonyl (C=O) groups is 1. The fraction of sp³-hybridized carbons (Fsp3) is 0.458. The van der Waals surface area contributed by atoms with Crippen molar-refractivity contribution in [3.05, 3.63) is 59.2 Å². The van der Waals surface area contributed by atoms with Gasteiger partial charge in [-0.25, -0.2) is 4.98 Å². The molecule has 7 nitrogen and oxygen atoms in total. The van der Waals surface area contributed by atoms with Crippen molar-refractivity contribution in [2.24, 2.45) is 0 Å². The molecule has 2 aromatic heterocycles. The third-order valence-corrected chi connectivity index (χ3v) is 6.00. The van der Waals surface area contributed by atoms with Gasteiger partial charge in [0.15, 0.2) is 0 Å². The summed E-state index contributed by atoms with van der Waals surface area (Å²) in [5.41, 5.74) is 5.01. The maximum Gasteiger partial charge on any atom is 0.251 e. The Bertz CT molecular complexity index is 1040. The summed E-state index contributed by atoms with van der Waals surface area (Å²) in [5.74, 6) is 0.866. The van der Waals surface area contributed by atoms with Crippen molar-refractivity contribution in [2.45, 2.75) is 38.8 Å². The Labute approximate surface area is 183 Å². The predicted molar refractivity (Wildman–Crippen MR) is 123 cm³/mol. The van der Waals surface area contributed by atoms with Crippen LogP contribution in [-0.2, 0) is 13.0 Å². The Morgan fingerprint density at radius 1 is 1.29 bits per heavy atom. The number of fused-ring (bicyclic) bond motifs is 2. The fourth-order valence-electron chi connectivity index (χ4n) is 4.35. The lowest BCUT2D eigenvalue weighted by molar-refractivity contribution is 0.0951. The van der Waals surface area contributed by atoms with Crippen molar-refractivity contribution >= 4 is 16.9 Å². The lowest BCUT2D eigenvalue weighted by Gasteiger charge is -2.33. The number of aryl methyl sites for hydroxylation is 1. The summed E-state index contributed by atoms with van der Waals surface area (Å²) in [5, 5.41) is 2.97. The van der Waals surface area contributed by atoms with Gasteiger partial charge in [-0.15, -0.1) is 0 Å². The lowest BCUT2D eigenvalue weighted by Crippen LogP contribution is -2.32. The number of amides is 1. The van der Waals surface area contributed by atoms with Gasteiger partial charge in [0.25, 0.3) is 5.91 Å². The van der Waals surface area contributed by atoms with Gasteiger partial charge >= 0.3 is 0 Å². The first-order valence-electron chi connectivity index (χ1n) is 11.1. The van der Waals surface area contributed by atoms with Gasteiger partial charge in [0, 0.05) is 24.8 Å². The van der Waals surface area contributed by atoms with E-state index in [2.05, 4.69) is 28.2 Å². The Balaban J connectivity index is 1.49. The van der Waals surface area contributed by atoms with Crippen LogP contribution in [-0.4, -0.2) is 64.4 Å². The first-order chi connectivity index (χ1) is 15.0. The summed E-state index contributed by atoms with van der Waals surface area (Å²) >= 11 is 0. The van der Waals surface area contributed by atoms with E-state index >= 15 is 0 Å². The second-order valence-corrected chi connectivity index (χ2v) is 8.49. The van der Waals surface area contributed by atoms with Gasteiger partial charge in [-0.05, 0) is 69.7 Å². The lowest BCUT2D eigenvalue weighted by atomic mass is 9.91. The van der Waals surface area contributed by atoms with E-state index < -0.39 is 0 Å². The van der Waals surface area contributed by atoms with Gasteiger partial charge < -0.3 is 15.2 Å². The zero-order chi connectivity index (χ0) is 21.8. The zero-order valence-electron chi connectivity index (χ0n) is 18.7. The average Bonchev–Trinajstić information content (AvgIpc) is 3.18. The Kier molecular flexibility index (Phi) is 6.63. The number of likely N-dealkylation sites (N-methyl/N-ethyl adjacent to an activating group) is 1. The molecule has 1 unspecified atom stereocenters. The molecule has 3 aromatic rings.